The molecular weight excluding hydrogens is 771 g/mol. The normalized spacial score (nSPS) is 12.2. The summed E-state index contributed by atoms with van der Waals surface area (Å²) < 4.78 is 7.61. The maximum atomic E-state index is 2.52. The second-order valence-electron chi connectivity index (χ2n) is 16.5. The number of aromatic nitrogens is 2. The lowest BCUT2D eigenvalue weighted by Crippen LogP contribution is -2.10. The van der Waals surface area contributed by atoms with Gasteiger partial charge < -0.3 is 13.7 Å². The second kappa shape index (κ2) is 12.8. The van der Waals surface area contributed by atoms with Gasteiger partial charge in [0.1, 0.15) is 0 Å². The third-order valence-electron chi connectivity index (χ3n) is 13.2. The fourth-order valence-corrected chi connectivity index (χ4v) is 11.6. The van der Waals surface area contributed by atoms with Crippen LogP contribution in [0.4, 0.5) is 17.1 Å². The number of thiophene rings is 1. The van der Waals surface area contributed by atoms with Gasteiger partial charge in [0.25, 0.3) is 0 Å². The van der Waals surface area contributed by atoms with Crippen molar-refractivity contribution in [3.05, 3.63) is 212 Å². The molecule has 0 saturated carbocycles. The maximum Gasteiger partial charge on any atom is 0.0789 e. The number of rotatable bonds is 5. The van der Waals surface area contributed by atoms with E-state index in [0.29, 0.717) is 0 Å². The van der Waals surface area contributed by atoms with Gasteiger partial charge in [-0.05, 0) is 99.8 Å². The van der Waals surface area contributed by atoms with E-state index in [4.69, 9.17) is 0 Å². The summed E-state index contributed by atoms with van der Waals surface area (Å²) in [6.45, 7) is 0. The highest BCUT2D eigenvalue weighted by atomic mass is 32.1. The van der Waals surface area contributed by atoms with Gasteiger partial charge in [0.05, 0.1) is 33.1 Å². The van der Waals surface area contributed by atoms with Crippen LogP contribution >= 0.6 is 11.3 Å². The molecule has 0 fully saturated rings. The van der Waals surface area contributed by atoms with E-state index < -0.39 is 0 Å². The van der Waals surface area contributed by atoms with Crippen molar-refractivity contribution < 1.29 is 0 Å². The molecule has 0 spiro atoms. The van der Waals surface area contributed by atoms with E-state index in [1.165, 1.54) is 108 Å². The van der Waals surface area contributed by atoms with E-state index in [9.17, 15) is 0 Å². The second-order valence-corrected chi connectivity index (χ2v) is 17.6. The van der Waals surface area contributed by atoms with Gasteiger partial charge in [0.15, 0.2) is 0 Å². The molecule has 288 valence electrons. The Morgan fingerprint density at radius 1 is 0.306 bits per heavy atom. The van der Waals surface area contributed by atoms with Crippen LogP contribution in [0.1, 0.15) is 0 Å². The summed E-state index contributed by atoms with van der Waals surface area (Å²) in [5.41, 5.74) is 15.5. The Kier molecular flexibility index (Phi) is 6.99. The van der Waals surface area contributed by atoms with Gasteiger partial charge >= 0.3 is 0 Å². The lowest BCUT2D eigenvalue weighted by atomic mass is 9.94. The highest BCUT2D eigenvalue weighted by Gasteiger charge is 2.23. The lowest BCUT2D eigenvalue weighted by Gasteiger charge is -2.26. The molecular formula is C58H35N3S. The van der Waals surface area contributed by atoms with Crippen molar-refractivity contribution in [3.63, 3.8) is 0 Å². The SMILES string of the molecule is c1cc(-c2ccccc2-c2ccc3c(c2)n2c4ccccc4c4ccc5c6ccccc6n3c5c42)cc(N(c2ccc3ccccc3c2)c2ccc3c(c2)sc2ccccc23)c1. The average Bonchev–Trinajstić information content (AvgIpc) is 3.99. The van der Waals surface area contributed by atoms with Crippen molar-refractivity contribution in [1.82, 2.24) is 8.80 Å². The molecule has 14 rings (SSSR count). The summed E-state index contributed by atoms with van der Waals surface area (Å²) in [4.78, 5) is 2.42. The van der Waals surface area contributed by atoms with Crippen LogP contribution < -0.4 is 4.90 Å². The van der Waals surface area contributed by atoms with E-state index in [2.05, 4.69) is 226 Å². The Morgan fingerprint density at radius 2 is 0.871 bits per heavy atom. The quantitative estimate of drug-likeness (QED) is 0.158. The van der Waals surface area contributed by atoms with Gasteiger partial charge in [-0.2, -0.15) is 0 Å². The fourth-order valence-electron chi connectivity index (χ4n) is 10.5. The van der Waals surface area contributed by atoms with Gasteiger partial charge in [-0.15, -0.1) is 11.3 Å². The van der Waals surface area contributed by atoms with Crippen molar-refractivity contribution in [3.8, 4) is 22.3 Å². The molecule has 0 amide bonds. The number of para-hydroxylation sites is 2. The summed E-state index contributed by atoms with van der Waals surface area (Å²) >= 11 is 1.86. The van der Waals surface area contributed by atoms with E-state index in [1.54, 1.807) is 0 Å². The summed E-state index contributed by atoms with van der Waals surface area (Å²) in [5.74, 6) is 0. The van der Waals surface area contributed by atoms with Gasteiger partial charge in [-0.1, -0.05) is 146 Å². The van der Waals surface area contributed by atoms with Crippen LogP contribution in [-0.4, -0.2) is 8.80 Å². The molecule has 14 aromatic rings. The Labute approximate surface area is 360 Å². The van der Waals surface area contributed by atoms with Gasteiger partial charge in [-0.3, -0.25) is 0 Å². The number of fused-ring (bicyclic) bond motifs is 13. The molecule has 3 nitrogen and oxygen atoms in total. The maximum absolute atomic E-state index is 2.52. The first-order valence-corrected chi connectivity index (χ1v) is 22.1. The van der Waals surface area contributed by atoms with Crippen molar-refractivity contribution in [2.45, 2.75) is 0 Å². The molecule has 0 aliphatic carbocycles. The van der Waals surface area contributed by atoms with E-state index in [1.807, 2.05) is 11.3 Å². The van der Waals surface area contributed by atoms with Crippen LogP contribution in [0.5, 0.6) is 0 Å². The lowest BCUT2D eigenvalue weighted by molar-refractivity contribution is 1.26. The third kappa shape index (κ3) is 4.75. The number of anilines is 3. The molecule has 62 heavy (non-hydrogen) atoms. The third-order valence-corrected chi connectivity index (χ3v) is 14.3. The molecule has 0 N–H and O–H groups in total. The predicted molar refractivity (Wildman–Crippen MR) is 266 cm³/mol. The van der Waals surface area contributed by atoms with Crippen LogP contribution in [0.25, 0.3) is 108 Å². The first kappa shape index (κ1) is 33.9. The van der Waals surface area contributed by atoms with Gasteiger partial charge in [0.2, 0.25) is 0 Å². The van der Waals surface area contributed by atoms with Crippen LogP contribution in [0.2, 0.25) is 0 Å². The highest BCUT2D eigenvalue weighted by Crippen LogP contribution is 2.45. The van der Waals surface area contributed by atoms with Crippen LogP contribution in [0.15, 0.2) is 212 Å². The van der Waals surface area contributed by atoms with Crippen LogP contribution in [0, 0.1) is 0 Å². The van der Waals surface area contributed by atoms with Crippen molar-refractivity contribution >= 4 is 114 Å². The minimum absolute atomic E-state index is 1.11. The van der Waals surface area contributed by atoms with Crippen LogP contribution in [-0.2, 0) is 0 Å². The average molecular weight is 806 g/mol. The largest absolute Gasteiger partial charge is 0.310 e. The van der Waals surface area contributed by atoms with Crippen molar-refractivity contribution in [2.24, 2.45) is 0 Å². The fraction of sp³-hybridized carbons (Fsp3) is 0. The molecule has 0 aliphatic rings. The highest BCUT2D eigenvalue weighted by molar-refractivity contribution is 7.25. The smallest absolute Gasteiger partial charge is 0.0789 e. The minimum atomic E-state index is 1.11. The summed E-state index contributed by atoms with van der Waals surface area (Å²) in [6.07, 6.45) is 0. The molecule has 4 aromatic heterocycles. The first-order valence-electron chi connectivity index (χ1n) is 21.3. The minimum Gasteiger partial charge on any atom is -0.310 e. The molecule has 0 radical (unpaired) electrons. The molecule has 0 atom stereocenters. The molecule has 10 aromatic carbocycles. The Balaban J connectivity index is 0.972. The van der Waals surface area contributed by atoms with E-state index in [0.717, 1.165) is 17.1 Å². The van der Waals surface area contributed by atoms with E-state index in [-0.39, 0.29) is 0 Å². The number of hydrogen-bond acceptors (Lipinski definition) is 2. The standard InChI is InChI=1S/C58H35N3S/c1-2-13-37-32-41(26-24-36(37)12-1)59(42-27-28-48-47-20-7-10-23-55(47)62-56(48)35-42)40-15-11-14-38(33-40)43-16-3-4-17-44(43)39-25-31-53-54(34-39)61-52-22-9-6-19-46(52)50-30-29-49-45-18-5-8-21-51(45)60(53)57(49)58(50)61/h1-35H. The molecule has 4 heterocycles. The van der Waals surface area contributed by atoms with E-state index >= 15 is 0 Å². The zero-order valence-electron chi connectivity index (χ0n) is 33.5. The molecule has 0 aliphatic heterocycles. The number of benzene rings is 10. The van der Waals surface area contributed by atoms with Crippen molar-refractivity contribution in [1.29, 1.82) is 0 Å². The molecule has 4 heteroatoms. The molecule has 0 unspecified atom stereocenters. The Bertz CT molecular complexity index is 4130. The molecule has 0 saturated heterocycles. The zero-order chi connectivity index (χ0) is 40.5. The summed E-state index contributed by atoms with van der Waals surface area (Å²) in [5, 5.41) is 10.2. The number of nitrogens with zero attached hydrogens (tertiary/aromatic N) is 3. The summed E-state index contributed by atoms with van der Waals surface area (Å²) in [6, 6.07) is 78.6. The van der Waals surface area contributed by atoms with Crippen molar-refractivity contribution in [2.75, 3.05) is 4.90 Å². The monoisotopic (exact) mass is 805 g/mol. The van der Waals surface area contributed by atoms with Gasteiger partial charge in [0, 0.05) is 58.8 Å². The Hall–Kier alpha value is -7.92. The Morgan fingerprint density at radius 3 is 1.65 bits per heavy atom. The first-order chi connectivity index (χ1) is 30.7. The van der Waals surface area contributed by atoms with Crippen LogP contribution in [0.3, 0.4) is 0 Å². The molecule has 0 bridgehead atoms. The zero-order valence-corrected chi connectivity index (χ0v) is 34.3. The predicted octanol–water partition coefficient (Wildman–Crippen LogP) is 16.6. The topological polar surface area (TPSA) is 12.1 Å². The summed E-state index contributed by atoms with van der Waals surface area (Å²) in [7, 11) is 0. The van der Waals surface area contributed by atoms with Gasteiger partial charge in [-0.25, -0.2) is 0 Å². The number of hydrogen-bond donors (Lipinski definition) is 0.